The molecule has 20 nitrogen and oxygen atoms in total. The van der Waals surface area contributed by atoms with Crippen molar-refractivity contribution in [2.45, 2.75) is 103 Å². The summed E-state index contributed by atoms with van der Waals surface area (Å²) in [6.45, 7) is 18.5. The summed E-state index contributed by atoms with van der Waals surface area (Å²) in [5.74, 6) is -3.47. The van der Waals surface area contributed by atoms with E-state index in [0.29, 0.717) is 53.0 Å². The number of aryl methyl sites for hydroxylation is 2. The number of nitrogens with one attached hydrogen (secondary N) is 1. The number of anilines is 3. The van der Waals surface area contributed by atoms with Crippen molar-refractivity contribution in [1.82, 2.24) is 9.97 Å². The highest BCUT2D eigenvalue weighted by atomic mass is 79.9. The van der Waals surface area contributed by atoms with E-state index in [0.717, 1.165) is 78.7 Å². The zero-order valence-corrected chi connectivity index (χ0v) is 74.6. The van der Waals surface area contributed by atoms with Gasteiger partial charge < -0.3 is 47.5 Å². The number of nitrogens with two attached hydrogens (primary N) is 1. The molecule has 0 spiro atoms. The third-order valence-corrected chi connectivity index (χ3v) is 22.9. The molecule has 8 heterocycles. The number of hydrogen-bond donors (Lipinski definition) is 3. The van der Waals surface area contributed by atoms with E-state index in [-0.39, 0.29) is 99.2 Å². The fourth-order valence-electron chi connectivity index (χ4n) is 14.8. The number of aliphatic imine (C=N–C) groups is 1. The minimum Gasteiger partial charge on any atom is -0.460 e. The normalized spacial score (nSPS) is 14.1. The van der Waals surface area contributed by atoms with Gasteiger partial charge in [0.05, 0.1) is 92.0 Å². The molecular weight excluding hydrogens is 1800 g/mol. The molecule has 15 aromatic rings. The van der Waals surface area contributed by atoms with E-state index >= 15 is 0 Å². The average molecular weight is 1880 g/mol. The van der Waals surface area contributed by atoms with Crippen molar-refractivity contribution in [2.24, 2.45) is 4.99 Å². The van der Waals surface area contributed by atoms with Crippen LogP contribution in [0.2, 0.25) is 5.02 Å². The summed E-state index contributed by atoms with van der Waals surface area (Å²) in [5, 5.41) is 9.90. The van der Waals surface area contributed by atoms with Gasteiger partial charge in [0.15, 0.2) is 0 Å². The van der Waals surface area contributed by atoms with Crippen LogP contribution in [0.1, 0.15) is 113 Å². The summed E-state index contributed by atoms with van der Waals surface area (Å²) < 4.78 is 176. The van der Waals surface area contributed by atoms with E-state index in [9.17, 15) is 67.8 Å². The predicted octanol–water partition coefficient (Wildman–Crippen LogP) is 21.2. The standard InChI is InChI=1S/C18H14F2O2.C17H11BrF2O2.C17H12F2O3.C17H12F2O2.C16H16ClN5O.C13H20BNO4S/c1-2-5-14-16(11-6-3-7-12(19)10-11)18(21)17-13(20)8-4-9-15(17)22-14;1-9(18)17-14(10-5-2-3-6-11(10)19)16(21)15-12(20)7-4-8-13(15)22-17;1-9(20)17-14(10-5-2-3-6-11(10)18)16(21)15-12(19)7-4-8-13(15)22-17;1-2-13-15(10-6-3-4-7-11(10)18)17(20)16-12(19)8-5-9-14(16)21-13;17-11-7-10(1-2-13(11)22-3-5-23-6-4-22)15-14-12(8-19-15)20-9-21-16(14)18;1-12(2)13(3,4)19-14(18-12)10-7-6-8-11(9-10)15-20(5,16)17/h3-4,6-10H,2,5H2,1H3;2-9H,1H3;2-9,20H,1H3;3-9H,2H2,1H3;1-2,7,9H,3-6,8H2,(H2,18,20,21);6-9,15H,1-5H3. The molecule has 0 amide bonds. The van der Waals surface area contributed by atoms with Gasteiger partial charge in [-0.15, -0.1) is 0 Å². The molecule has 32 heteroatoms. The van der Waals surface area contributed by atoms with E-state index in [1.165, 1.54) is 147 Å². The second-order valence-electron chi connectivity index (χ2n) is 31.2. The number of morpholine rings is 1. The molecule has 2 atom stereocenters. The summed E-state index contributed by atoms with van der Waals surface area (Å²) >= 11 is 9.85. The van der Waals surface area contributed by atoms with Crippen LogP contribution >= 0.6 is 27.5 Å². The number of rotatable bonds is 14. The smallest absolute Gasteiger partial charge is 0.460 e. The first-order chi connectivity index (χ1) is 62.0. The Bertz CT molecular complexity index is 7050. The molecule has 0 bridgehead atoms. The summed E-state index contributed by atoms with van der Waals surface area (Å²) in [6.07, 6.45) is 3.13. The van der Waals surface area contributed by atoms with Gasteiger partial charge in [-0.25, -0.2) is 53.5 Å². The molecule has 2 saturated heterocycles. The van der Waals surface area contributed by atoms with Crippen molar-refractivity contribution in [3.05, 3.63) is 351 Å². The minimum absolute atomic E-state index is 0.0148. The Morgan fingerprint density at radius 1 is 0.531 bits per heavy atom. The van der Waals surface area contributed by atoms with Crippen LogP contribution in [0, 0.1) is 46.5 Å². The zero-order valence-electron chi connectivity index (χ0n) is 71.5. The van der Waals surface area contributed by atoms with Crippen LogP contribution < -0.4 is 42.5 Å². The van der Waals surface area contributed by atoms with E-state index < -0.39 is 103 Å². The maximum absolute atomic E-state index is 14.1. The molecule has 3 aliphatic heterocycles. The summed E-state index contributed by atoms with van der Waals surface area (Å²) in [4.78, 5) is 65.5. The van der Waals surface area contributed by atoms with Crippen molar-refractivity contribution in [2.75, 3.05) is 47.9 Å². The SMILES string of the molecule is CC(Br)c1oc2cccc(F)c2c(=O)c1-c1ccccc1F.CC(O)c1oc2cccc(F)c2c(=O)c1-c1ccccc1F.CC1(C)OB(c2cccc(NS(C)(=O)=O)c2)OC1(C)C.CCCc1oc2cccc(F)c2c(=O)c1-c1cccc(F)c1.CCc1oc2cccc(F)c2c(=O)c1-c1ccccc1F.Nc1ncnc2c1C(c1ccc(N3CCOCC3)c(Cl)c1)=NC2. The van der Waals surface area contributed by atoms with Crippen molar-refractivity contribution in [1.29, 1.82) is 0 Å². The predicted molar refractivity (Wildman–Crippen MR) is 494 cm³/mol. The summed E-state index contributed by atoms with van der Waals surface area (Å²) in [5.41, 5.74) is 9.98. The van der Waals surface area contributed by atoms with Gasteiger partial charge in [0.1, 0.15) is 132 Å². The van der Waals surface area contributed by atoms with Gasteiger partial charge >= 0.3 is 7.12 Å². The molecule has 0 saturated carbocycles. The Hall–Kier alpha value is -12.7. The number of benzene rings is 10. The first-order valence-corrected chi connectivity index (χ1v) is 44.2. The maximum atomic E-state index is 14.1. The number of halogens is 10. The van der Waals surface area contributed by atoms with Crippen LogP contribution in [0.25, 0.3) is 88.4 Å². The first-order valence-electron chi connectivity index (χ1n) is 41.0. The number of nitrogens with zero attached hydrogens (tertiary/aromatic N) is 4. The second-order valence-corrected chi connectivity index (χ2v) is 34.7. The zero-order chi connectivity index (χ0) is 93.4. The first kappa shape index (κ1) is 94.9. The van der Waals surface area contributed by atoms with Crippen LogP contribution in [-0.2, 0) is 43.5 Å². The molecular formula is C98H85BBrClF8N6O14S. The van der Waals surface area contributed by atoms with Crippen LogP contribution in [0.4, 0.5) is 52.3 Å². The third kappa shape index (κ3) is 20.8. The van der Waals surface area contributed by atoms with Crippen molar-refractivity contribution in [3.63, 3.8) is 0 Å². The van der Waals surface area contributed by atoms with Crippen molar-refractivity contribution in [3.8, 4) is 44.5 Å². The molecule has 2 unspecified atom stereocenters. The topological polar surface area (TPSA) is 282 Å². The number of sulfonamides is 1. The monoisotopic (exact) mass is 1880 g/mol. The third-order valence-electron chi connectivity index (χ3n) is 21.6. The van der Waals surface area contributed by atoms with E-state index in [2.05, 4.69) is 40.5 Å². The molecule has 4 N–H and O–H groups in total. The van der Waals surface area contributed by atoms with Crippen LogP contribution in [-0.4, -0.2) is 80.1 Å². The van der Waals surface area contributed by atoms with Crippen LogP contribution in [0.5, 0.6) is 0 Å². The lowest BCUT2D eigenvalue weighted by Crippen LogP contribution is -2.41. The van der Waals surface area contributed by atoms with Gasteiger partial charge in [-0.1, -0.05) is 151 Å². The van der Waals surface area contributed by atoms with E-state index in [4.69, 9.17) is 49.0 Å². The second kappa shape index (κ2) is 40.5. The fraction of sp³-hybridized carbons (Fsp3) is 0.214. The number of ether oxygens (including phenoxy) is 1. The van der Waals surface area contributed by atoms with Gasteiger partial charge in [-0.05, 0) is 162 Å². The van der Waals surface area contributed by atoms with Crippen molar-refractivity contribution >= 4 is 117 Å². The molecule has 3 aliphatic rings. The van der Waals surface area contributed by atoms with Gasteiger partial charge in [0.2, 0.25) is 31.7 Å². The largest absolute Gasteiger partial charge is 0.494 e. The van der Waals surface area contributed by atoms with Crippen molar-refractivity contribution < 1.29 is 80.4 Å². The number of aliphatic hydroxyl groups excluding tert-OH is 1. The molecule has 130 heavy (non-hydrogen) atoms. The lowest BCUT2D eigenvalue weighted by atomic mass is 9.79. The number of aliphatic hydroxyl groups is 1. The Balaban J connectivity index is 0.000000133. The number of fused-ring (bicyclic) bond motifs is 5. The molecule has 2 fully saturated rings. The minimum atomic E-state index is -3.29. The Morgan fingerprint density at radius 2 is 0.985 bits per heavy atom. The number of alkyl halides is 1. The maximum Gasteiger partial charge on any atom is 0.494 e. The molecule has 5 aromatic heterocycles. The quantitative estimate of drug-likeness (QED) is 0.0518. The molecule has 670 valence electrons. The average Bonchev–Trinajstić information content (AvgIpc) is 1.57. The highest BCUT2D eigenvalue weighted by molar-refractivity contribution is 9.09. The molecule has 0 radical (unpaired) electrons. The highest BCUT2D eigenvalue weighted by Gasteiger charge is 2.52. The number of nitrogen functional groups attached to an aromatic ring is 1. The molecule has 18 rings (SSSR count). The molecule has 0 aliphatic carbocycles. The van der Waals surface area contributed by atoms with Gasteiger partial charge in [0.25, 0.3) is 0 Å². The van der Waals surface area contributed by atoms with Crippen LogP contribution in [0.15, 0.2) is 260 Å². The van der Waals surface area contributed by atoms with Crippen LogP contribution in [0.3, 0.4) is 0 Å². The number of hydrogen-bond acceptors (Lipinski definition) is 19. The number of aromatic nitrogens is 2. The van der Waals surface area contributed by atoms with E-state index in [1.807, 2.05) is 58.9 Å². The van der Waals surface area contributed by atoms with E-state index in [1.54, 1.807) is 62.4 Å². The lowest BCUT2D eigenvalue weighted by Gasteiger charge is -2.32. The van der Waals surface area contributed by atoms with Gasteiger partial charge in [0, 0.05) is 53.9 Å². The van der Waals surface area contributed by atoms with Gasteiger partial charge in [-0.2, -0.15) is 0 Å². The Kier molecular flexibility index (Phi) is 29.6. The fourth-order valence-corrected chi connectivity index (χ4v) is 16.0. The summed E-state index contributed by atoms with van der Waals surface area (Å²) in [6, 6.07) is 52.7. The molecule has 10 aromatic carbocycles. The Labute approximate surface area is 754 Å². The Morgan fingerprint density at radius 3 is 1.46 bits per heavy atom. The summed E-state index contributed by atoms with van der Waals surface area (Å²) in [7, 11) is -3.79. The lowest BCUT2D eigenvalue weighted by molar-refractivity contribution is 0.00578. The highest BCUT2D eigenvalue weighted by Crippen LogP contribution is 2.40. The van der Waals surface area contributed by atoms with Gasteiger partial charge in [-0.3, -0.25) is 28.9 Å².